The second kappa shape index (κ2) is 6.86. The molecule has 1 aliphatic carbocycles. The standard InChI is InChI=1S/C21H24N8O/c1-10(2)13-7-8-14(26-25-13)15-18(28-30-19(15)12-5-6-12)17-16-20(22)23-9-24-21(16)29(27-17)11(3)4/h7-12H,5-6H2,1-4H3,(H2,22,23,24). The van der Waals surface area contributed by atoms with Crippen molar-refractivity contribution >= 4 is 16.9 Å². The Kier molecular flexibility index (Phi) is 4.27. The van der Waals surface area contributed by atoms with Gasteiger partial charge in [0.2, 0.25) is 0 Å². The molecule has 5 rings (SSSR count). The lowest BCUT2D eigenvalue weighted by Crippen LogP contribution is -2.04. The van der Waals surface area contributed by atoms with Gasteiger partial charge in [-0.15, -0.1) is 0 Å². The summed E-state index contributed by atoms with van der Waals surface area (Å²) in [5.41, 5.74) is 10.6. The lowest BCUT2D eigenvalue weighted by Gasteiger charge is -2.06. The summed E-state index contributed by atoms with van der Waals surface area (Å²) in [5, 5.41) is 18.8. The Balaban J connectivity index is 1.75. The number of aromatic nitrogens is 7. The minimum Gasteiger partial charge on any atom is -0.383 e. The van der Waals surface area contributed by atoms with Gasteiger partial charge in [-0.3, -0.25) is 0 Å². The summed E-state index contributed by atoms with van der Waals surface area (Å²) in [6.45, 7) is 8.28. The van der Waals surface area contributed by atoms with E-state index in [4.69, 9.17) is 15.4 Å². The maximum atomic E-state index is 6.24. The van der Waals surface area contributed by atoms with Crippen LogP contribution in [0.4, 0.5) is 5.82 Å². The summed E-state index contributed by atoms with van der Waals surface area (Å²) in [4.78, 5) is 8.60. The Morgan fingerprint density at radius 2 is 1.87 bits per heavy atom. The molecule has 0 unspecified atom stereocenters. The Morgan fingerprint density at radius 3 is 2.50 bits per heavy atom. The van der Waals surface area contributed by atoms with Crippen LogP contribution in [0.1, 0.15) is 69.9 Å². The largest absolute Gasteiger partial charge is 0.383 e. The number of rotatable bonds is 5. The van der Waals surface area contributed by atoms with Crippen LogP contribution in [0.15, 0.2) is 23.0 Å². The maximum absolute atomic E-state index is 6.24. The lowest BCUT2D eigenvalue weighted by molar-refractivity contribution is 0.386. The van der Waals surface area contributed by atoms with Crippen molar-refractivity contribution in [2.75, 3.05) is 5.73 Å². The smallest absolute Gasteiger partial charge is 0.164 e. The number of hydrogen-bond donors (Lipinski definition) is 1. The Labute approximate surface area is 173 Å². The highest BCUT2D eigenvalue weighted by atomic mass is 16.5. The molecule has 0 saturated heterocycles. The van der Waals surface area contributed by atoms with Crippen LogP contribution in [0.25, 0.3) is 33.7 Å². The third-order valence-corrected chi connectivity index (χ3v) is 5.43. The number of hydrogen-bond acceptors (Lipinski definition) is 8. The van der Waals surface area contributed by atoms with E-state index in [1.165, 1.54) is 6.33 Å². The molecule has 0 aromatic carbocycles. The molecule has 0 amide bonds. The van der Waals surface area contributed by atoms with Gasteiger partial charge in [0.05, 0.1) is 22.3 Å². The van der Waals surface area contributed by atoms with Crippen LogP contribution in [0.2, 0.25) is 0 Å². The van der Waals surface area contributed by atoms with Crippen molar-refractivity contribution in [1.29, 1.82) is 0 Å². The molecule has 0 aliphatic heterocycles. The van der Waals surface area contributed by atoms with E-state index in [1.54, 1.807) is 0 Å². The van der Waals surface area contributed by atoms with Gasteiger partial charge in [-0.2, -0.15) is 15.3 Å². The van der Waals surface area contributed by atoms with E-state index in [9.17, 15) is 0 Å². The minimum absolute atomic E-state index is 0.0962. The molecule has 154 valence electrons. The molecule has 4 heterocycles. The van der Waals surface area contributed by atoms with E-state index in [-0.39, 0.29) is 6.04 Å². The number of nitrogens with two attached hydrogens (primary N) is 1. The van der Waals surface area contributed by atoms with Crippen molar-refractivity contribution in [3.8, 4) is 22.6 Å². The van der Waals surface area contributed by atoms with Crippen molar-refractivity contribution in [2.24, 2.45) is 0 Å². The van der Waals surface area contributed by atoms with Crippen LogP contribution in [-0.2, 0) is 0 Å². The molecular weight excluding hydrogens is 380 g/mol. The van der Waals surface area contributed by atoms with Gasteiger partial charge in [0.1, 0.15) is 29.3 Å². The van der Waals surface area contributed by atoms with E-state index in [2.05, 4.69) is 39.2 Å². The fraction of sp³-hybridized carbons (Fsp3) is 0.429. The highest BCUT2D eigenvalue weighted by Crippen LogP contribution is 2.48. The molecule has 9 nitrogen and oxygen atoms in total. The van der Waals surface area contributed by atoms with Gasteiger partial charge in [-0.05, 0) is 44.7 Å². The Bertz CT molecular complexity index is 1220. The third-order valence-electron chi connectivity index (χ3n) is 5.43. The van der Waals surface area contributed by atoms with Crippen molar-refractivity contribution < 1.29 is 4.52 Å². The molecule has 1 aliphatic rings. The summed E-state index contributed by atoms with van der Waals surface area (Å²) in [5.74, 6) is 1.85. The highest BCUT2D eigenvalue weighted by Gasteiger charge is 2.35. The zero-order chi connectivity index (χ0) is 21.0. The average Bonchev–Trinajstić information content (AvgIpc) is 3.34. The van der Waals surface area contributed by atoms with E-state index < -0.39 is 0 Å². The first kappa shape index (κ1) is 18.7. The number of nitrogens with zero attached hydrogens (tertiary/aromatic N) is 7. The normalized spacial score (nSPS) is 14.3. The summed E-state index contributed by atoms with van der Waals surface area (Å²) in [6.07, 6.45) is 3.61. The molecule has 4 aromatic rings. The molecule has 0 spiro atoms. The fourth-order valence-corrected chi connectivity index (χ4v) is 3.64. The minimum atomic E-state index is 0.0962. The molecule has 0 bridgehead atoms. The van der Waals surface area contributed by atoms with Crippen LogP contribution >= 0.6 is 0 Å². The molecule has 0 radical (unpaired) electrons. The molecular formula is C21H24N8O. The lowest BCUT2D eigenvalue weighted by atomic mass is 10.0. The van der Waals surface area contributed by atoms with Crippen molar-refractivity contribution in [3.05, 3.63) is 29.9 Å². The molecule has 1 fully saturated rings. The van der Waals surface area contributed by atoms with Crippen molar-refractivity contribution in [3.63, 3.8) is 0 Å². The van der Waals surface area contributed by atoms with Gasteiger partial charge >= 0.3 is 0 Å². The quantitative estimate of drug-likeness (QED) is 0.527. The van der Waals surface area contributed by atoms with Gasteiger partial charge in [-0.1, -0.05) is 19.0 Å². The van der Waals surface area contributed by atoms with E-state index in [0.29, 0.717) is 40.1 Å². The molecule has 9 heteroatoms. The van der Waals surface area contributed by atoms with Crippen LogP contribution < -0.4 is 5.73 Å². The van der Waals surface area contributed by atoms with Crippen LogP contribution in [0, 0.1) is 0 Å². The third kappa shape index (κ3) is 2.92. The second-order valence-electron chi connectivity index (χ2n) is 8.39. The molecule has 0 atom stereocenters. The molecule has 4 aromatic heterocycles. The number of fused-ring (bicyclic) bond motifs is 1. The molecule has 2 N–H and O–H groups in total. The van der Waals surface area contributed by atoms with Gasteiger partial charge < -0.3 is 10.3 Å². The number of anilines is 1. The predicted molar refractivity (Wildman–Crippen MR) is 113 cm³/mol. The topological polar surface area (TPSA) is 121 Å². The first-order valence-electron chi connectivity index (χ1n) is 10.3. The first-order valence-corrected chi connectivity index (χ1v) is 10.3. The van der Waals surface area contributed by atoms with Crippen molar-refractivity contribution in [1.82, 2.24) is 35.1 Å². The van der Waals surface area contributed by atoms with E-state index >= 15 is 0 Å². The van der Waals surface area contributed by atoms with Gasteiger partial charge in [0.25, 0.3) is 0 Å². The van der Waals surface area contributed by atoms with Gasteiger partial charge in [0, 0.05) is 12.0 Å². The summed E-state index contributed by atoms with van der Waals surface area (Å²) in [6, 6.07) is 4.08. The van der Waals surface area contributed by atoms with Gasteiger partial charge in [-0.25, -0.2) is 14.6 Å². The predicted octanol–water partition coefficient (Wildman–Crippen LogP) is 4.10. The van der Waals surface area contributed by atoms with E-state index in [1.807, 2.05) is 30.7 Å². The number of nitrogen functional groups attached to an aromatic ring is 1. The van der Waals surface area contributed by atoms with Crippen LogP contribution in [0.5, 0.6) is 0 Å². The zero-order valence-electron chi connectivity index (χ0n) is 17.5. The second-order valence-corrected chi connectivity index (χ2v) is 8.39. The Hall–Kier alpha value is -3.36. The summed E-state index contributed by atoms with van der Waals surface area (Å²) >= 11 is 0. The maximum Gasteiger partial charge on any atom is 0.164 e. The highest BCUT2D eigenvalue weighted by molar-refractivity contribution is 6.00. The molecule has 30 heavy (non-hydrogen) atoms. The van der Waals surface area contributed by atoms with Crippen LogP contribution in [0.3, 0.4) is 0 Å². The fourth-order valence-electron chi connectivity index (χ4n) is 3.64. The van der Waals surface area contributed by atoms with Crippen LogP contribution in [-0.4, -0.2) is 35.1 Å². The van der Waals surface area contributed by atoms with E-state index in [0.717, 1.165) is 35.6 Å². The zero-order valence-corrected chi connectivity index (χ0v) is 17.5. The van der Waals surface area contributed by atoms with Gasteiger partial charge in [0.15, 0.2) is 5.65 Å². The summed E-state index contributed by atoms with van der Waals surface area (Å²) in [7, 11) is 0. The summed E-state index contributed by atoms with van der Waals surface area (Å²) < 4.78 is 7.65. The monoisotopic (exact) mass is 404 g/mol. The molecule has 1 saturated carbocycles. The Morgan fingerprint density at radius 1 is 1.07 bits per heavy atom. The van der Waals surface area contributed by atoms with Crippen molar-refractivity contribution in [2.45, 2.75) is 58.4 Å². The average molecular weight is 404 g/mol. The first-order chi connectivity index (χ1) is 14.5. The SMILES string of the molecule is CC(C)c1ccc(-c2c(-c3nn(C(C)C)c4ncnc(N)c34)noc2C2CC2)nn1.